The van der Waals surface area contributed by atoms with E-state index in [9.17, 15) is 0 Å². The Bertz CT molecular complexity index is 66.7. The van der Waals surface area contributed by atoms with Gasteiger partial charge in [-0.1, -0.05) is 12.2 Å². The molecule has 0 atom stereocenters. The Morgan fingerprint density at radius 2 is 1.86 bits per heavy atom. The summed E-state index contributed by atoms with van der Waals surface area (Å²) in [6.45, 7) is 6.10. The first-order chi connectivity index (χ1) is 3.06. The highest BCUT2D eigenvalue weighted by Crippen LogP contribution is 2.12. The molecule has 42 valence electrons. The molecule has 0 aromatic rings. The van der Waals surface area contributed by atoms with Crippen LogP contribution in [0.1, 0.15) is 20.8 Å². The predicted molar refractivity (Wildman–Crippen MR) is 37.9 cm³/mol. The van der Waals surface area contributed by atoms with Gasteiger partial charge >= 0.3 is 0 Å². The molecule has 0 radical (unpaired) electrons. The second-order valence-electron chi connectivity index (χ2n) is 2.15. The van der Waals surface area contributed by atoms with Crippen molar-refractivity contribution in [3.05, 3.63) is 12.2 Å². The van der Waals surface area contributed by atoms with Gasteiger partial charge in [0.25, 0.3) is 0 Å². The SMILES string of the molecule is CC=CC(C)(C)S. The fourth-order valence-corrected chi connectivity index (χ4v) is 0.557. The van der Waals surface area contributed by atoms with Crippen molar-refractivity contribution in [3.63, 3.8) is 0 Å². The van der Waals surface area contributed by atoms with E-state index in [0.717, 1.165) is 0 Å². The van der Waals surface area contributed by atoms with E-state index in [-0.39, 0.29) is 4.75 Å². The Balaban J connectivity index is 3.56. The van der Waals surface area contributed by atoms with Gasteiger partial charge in [0.15, 0.2) is 0 Å². The summed E-state index contributed by atoms with van der Waals surface area (Å²) in [5, 5.41) is 0. The average Bonchev–Trinajstić information content (AvgIpc) is 1.30. The maximum atomic E-state index is 4.25. The standard InChI is InChI=1S/C6H12S/c1-4-5-6(2,3)7/h4-5,7H,1-3H3. The first-order valence-corrected chi connectivity index (χ1v) is 2.87. The normalized spacial score (nSPS) is 13.1. The summed E-state index contributed by atoms with van der Waals surface area (Å²) < 4.78 is 0.0642. The Morgan fingerprint density at radius 3 is 1.86 bits per heavy atom. The molecule has 0 aliphatic rings. The third kappa shape index (κ3) is 6.09. The molecule has 7 heavy (non-hydrogen) atoms. The molecule has 0 amide bonds. The highest BCUT2D eigenvalue weighted by Gasteiger charge is 2.02. The van der Waals surface area contributed by atoms with E-state index in [4.69, 9.17) is 0 Å². The maximum absolute atomic E-state index is 4.25. The fraction of sp³-hybridized carbons (Fsp3) is 0.667. The van der Waals surface area contributed by atoms with Crippen LogP contribution in [0, 0.1) is 0 Å². The second kappa shape index (κ2) is 2.41. The molecule has 0 aliphatic carbocycles. The summed E-state index contributed by atoms with van der Waals surface area (Å²) >= 11 is 4.25. The molecule has 0 unspecified atom stereocenters. The third-order valence-electron chi connectivity index (χ3n) is 0.575. The van der Waals surface area contributed by atoms with Crippen molar-refractivity contribution in [1.29, 1.82) is 0 Å². The summed E-state index contributed by atoms with van der Waals surface area (Å²) in [5.41, 5.74) is 0. The van der Waals surface area contributed by atoms with Crippen LogP contribution in [0.3, 0.4) is 0 Å². The Labute approximate surface area is 51.0 Å². The topological polar surface area (TPSA) is 0 Å². The van der Waals surface area contributed by atoms with Gasteiger partial charge in [-0.05, 0) is 20.8 Å². The van der Waals surface area contributed by atoms with Crippen molar-refractivity contribution >= 4 is 12.6 Å². The summed E-state index contributed by atoms with van der Waals surface area (Å²) in [6.07, 6.45) is 4.06. The molecule has 0 aliphatic heterocycles. The molecule has 0 aromatic carbocycles. The molecular weight excluding hydrogens is 104 g/mol. The monoisotopic (exact) mass is 116 g/mol. The van der Waals surface area contributed by atoms with Crippen LogP contribution in [0.5, 0.6) is 0 Å². The summed E-state index contributed by atoms with van der Waals surface area (Å²) in [7, 11) is 0. The van der Waals surface area contributed by atoms with E-state index in [1.807, 2.05) is 13.0 Å². The van der Waals surface area contributed by atoms with Crippen LogP contribution in [0.25, 0.3) is 0 Å². The minimum Gasteiger partial charge on any atom is -0.169 e. The van der Waals surface area contributed by atoms with Crippen LogP contribution in [0.4, 0.5) is 0 Å². The molecule has 0 fully saturated rings. The molecule has 1 heteroatoms. The van der Waals surface area contributed by atoms with Gasteiger partial charge in [0.2, 0.25) is 0 Å². The van der Waals surface area contributed by atoms with Gasteiger partial charge in [0, 0.05) is 4.75 Å². The van der Waals surface area contributed by atoms with E-state index >= 15 is 0 Å². The van der Waals surface area contributed by atoms with Gasteiger partial charge in [-0.3, -0.25) is 0 Å². The molecule has 0 saturated carbocycles. The number of rotatable bonds is 1. The van der Waals surface area contributed by atoms with E-state index in [0.29, 0.717) is 0 Å². The third-order valence-corrected chi connectivity index (χ3v) is 0.724. The number of allylic oxidation sites excluding steroid dienone is 1. The van der Waals surface area contributed by atoms with E-state index in [2.05, 4.69) is 32.6 Å². The summed E-state index contributed by atoms with van der Waals surface area (Å²) in [6, 6.07) is 0. The lowest BCUT2D eigenvalue weighted by Crippen LogP contribution is -2.03. The zero-order valence-corrected chi connectivity index (χ0v) is 6.00. The Hall–Kier alpha value is 0.0900. The minimum absolute atomic E-state index is 0.0642. The first-order valence-electron chi connectivity index (χ1n) is 2.42. The Kier molecular flexibility index (Phi) is 2.44. The molecule has 0 saturated heterocycles. The van der Waals surface area contributed by atoms with Crippen molar-refractivity contribution in [3.8, 4) is 0 Å². The van der Waals surface area contributed by atoms with Crippen LogP contribution in [0.2, 0.25) is 0 Å². The Morgan fingerprint density at radius 1 is 1.43 bits per heavy atom. The van der Waals surface area contributed by atoms with Crippen LogP contribution in [-0.2, 0) is 0 Å². The fourth-order valence-electron chi connectivity index (χ4n) is 0.408. The van der Waals surface area contributed by atoms with Crippen molar-refractivity contribution in [2.75, 3.05) is 0 Å². The highest BCUT2D eigenvalue weighted by atomic mass is 32.1. The molecule has 0 bridgehead atoms. The summed E-state index contributed by atoms with van der Waals surface area (Å²) in [4.78, 5) is 0. The predicted octanol–water partition coefficient (Wildman–Crippen LogP) is 2.27. The van der Waals surface area contributed by atoms with Crippen molar-refractivity contribution in [2.24, 2.45) is 0 Å². The summed E-state index contributed by atoms with van der Waals surface area (Å²) in [5.74, 6) is 0. The van der Waals surface area contributed by atoms with Gasteiger partial charge in [-0.25, -0.2) is 0 Å². The first kappa shape index (κ1) is 7.09. The van der Waals surface area contributed by atoms with Gasteiger partial charge in [-0.2, -0.15) is 12.6 Å². The molecule has 0 nitrogen and oxygen atoms in total. The maximum Gasteiger partial charge on any atom is 0.0252 e. The van der Waals surface area contributed by atoms with Crippen LogP contribution in [0.15, 0.2) is 12.2 Å². The zero-order chi connectivity index (χ0) is 5.91. The van der Waals surface area contributed by atoms with Crippen LogP contribution in [-0.4, -0.2) is 4.75 Å². The van der Waals surface area contributed by atoms with Crippen molar-refractivity contribution in [1.82, 2.24) is 0 Å². The van der Waals surface area contributed by atoms with Crippen molar-refractivity contribution < 1.29 is 0 Å². The molecule has 0 heterocycles. The highest BCUT2D eigenvalue weighted by molar-refractivity contribution is 7.82. The van der Waals surface area contributed by atoms with E-state index in [1.165, 1.54) is 0 Å². The van der Waals surface area contributed by atoms with Crippen LogP contribution >= 0.6 is 12.6 Å². The van der Waals surface area contributed by atoms with Gasteiger partial charge < -0.3 is 0 Å². The smallest absolute Gasteiger partial charge is 0.0252 e. The number of hydrogen-bond acceptors (Lipinski definition) is 1. The minimum atomic E-state index is 0.0642. The lowest BCUT2D eigenvalue weighted by atomic mass is 10.2. The molecule has 0 rings (SSSR count). The quantitative estimate of drug-likeness (QED) is 0.394. The van der Waals surface area contributed by atoms with E-state index < -0.39 is 0 Å². The average molecular weight is 116 g/mol. The zero-order valence-electron chi connectivity index (χ0n) is 5.10. The van der Waals surface area contributed by atoms with Crippen molar-refractivity contribution in [2.45, 2.75) is 25.5 Å². The second-order valence-corrected chi connectivity index (χ2v) is 3.31. The molecular formula is C6H12S. The van der Waals surface area contributed by atoms with Crippen LogP contribution < -0.4 is 0 Å². The molecule has 0 aromatic heterocycles. The van der Waals surface area contributed by atoms with E-state index in [1.54, 1.807) is 0 Å². The lowest BCUT2D eigenvalue weighted by Gasteiger charge is -2.08. The molecule has 0 N–H and O–H groups in total. The van der Waals surface area contributed by atoms with Gasteiger partial charge in [0.05, 0.1) is 0 Å². The van der Waals surface area contributed by atoms with Gasteiger partial charge in [0.1, 0.15) is 0 Å². The largest absolute Gasteiger partial charge is 0.169 e. The lowest BCUT2D eigenvalue weighted by molar-refractivity contribution is 0.906. The van der Waals surface area contributed by atoms with Gasteiger partial charge in [-0.15, -0.1) is 0 Å². The number of thiol groups is 1. The number of hydrogen-bond donors (Lipinski definition) is 1. The molecule has 0 spiro atoms.